The Hall–Kier alpha value is -1.55. The Morgan fingerprint density at radius 1 is 1.37 bits per heavy atom. The first-order valence-electron chi connectivity index (χ1n) is 6.60. The third-order valence-corrected chi connectivity index (χ3v) is 2.84. The Balaban J connectivity index is 2.90. The first kappa shape index (κ1) is 15.5. The van der Waals surface area contributed by atoms with Crippen molar-refractivity contribution in [1.82, 2.24) is 4.90 Å². The van der Waals surface area contributed by atoms with Gasteiger partial charge in [0, 0.05) is 12.1 Å². The van der Waals surface area contributed by atoms with Crippen LogP contribution in [0.1, 0.15) is 33.3 Å². The fourth-order valence-electron chi connectivity index (χ4n) is 1.89. The normalized spacial score (nSPS) is 11.2. The number of nitrogens with zero attached hydrogens (tertiary/aromatic N) is 1. The van der Waals surface area contributed by atoms with Crippen molar-refractivity contribution in [2.45, 2.75) is 39.8 Å². The van der Waals surface area contributed by atoms with Crippen molar-refractivity contribution in [3.8, 4) is 5.75 Å². The van der Waals surface area contributed by atoms with Crippen LogP contribution in [-0.2, 0) is 11.3 Å². The quantitative estimate of drug-likeness (QED) is 0.886. The molecule has 0 saturated heterocycles. The number of hydrogen-bond acceptors (Lipinski definition) is 3. The summed E-state index contributed by atoms with van der Waals surface area (Å²) >= 11 is 0. The highest BCUT2D eigenvalue weighted by molar-refractivity contribution is 5.78. The van der Waals surface area contributed by atoms with E-state index in [-0.39, 0.29) is 18.0 Å². The maximum Gasteiger partial charge on any atom is 0.237 e. The Kier molecular flexibility index (Phi) is 5.36. The van der Waals surface area contributed by atoms with Crippen LogP contribution in [0.3, 0.4) is 0 Å². The van der Waals surface area contributed by atoms with E-state index in [1.165, 1.54) is 0 Å². The van der Waals surface area contributed by atoms with Gasteiger partial charge in [-0.25, -0.2) is 0 Å². The third kappa shape index (κ3) is 4.56. The molecule has 4 heteroatoms. The van der Waals surface area contributed by atoms with Gasteiger partial charge in [-0.2, -0.15) is 0 Å². The molecule has 0 heterocycles. The molecule has 0 saturated carbocycles. The van der Waals surface area contributed by atoms with Crippen LogP contribution in [0.25, 0.3) is 0 Å². The molecule has 0 fully saturated rings. The van der Waals surface area contributed by atoms with Gasteiger partial charge in [-0.15, -0.1) is 0 Å². The van der Waals surface area contributed by atoms with Crippen molar-refractivity contribution >= 4 is 5.91 Å². The molecular formula is C15H24N2O2. The molecule has 0 aliphatic carbocycles. The zero-order valence-electron chi connectivity index (χ0n) is 12.3. The molecule has 19 heavy (non-hydrogen) atoms. The van der Waals surface area contributed by atoms with Crippen LogP contribution in [0.15, 0.2) is 24.3 Å². The predicted octanol–water partition coefficient (Wildman–Crippen LogP) is 2.17. The zero-order chi connectivity index (χ0) is 14.5. The Labute approximate surface area is 115 Å². The molecule has 0 aliphatic rings. The molecule has 4 nitrogen and oxygen atoms in total. The summed E-state index contributed by atoms with van der Waals surface area (Å²) in [5.74, 6) is 0.781. The van der Waals surface area contributed by atoms with Gasteiger partial charge in [0.15, 0.2) is 0 Å². The lowest BCUT2D eigenvalue weighted by Crippen LogP contribution is -2.47. The summed E-state index contributed by atoms with van der Waals surface area (Å²) in [6, 6.07) is 7.81. The van der Waals surface area contributed by atoms with Gasteiger partial charge in [0.05, 0.1) is 13.2 Å². The van der Waals surface area contributed by atoms with Gasteiger partial charge in [-0.05, 0) is 45.4 Å². The predicted molar refractivity (Wildman–Crippen MR) is 77.0 cm³/mol. The van der Waals surface area contributed by atoms with Gasteiger partial charge in [0.2, 0.25) is 5.91 Å². The molecule has 0 bridgehead atoms. The molecule has 2 N–H and O–H groups in total. The van der Waals surface area contributed by atoms with Crippen molar-refractivity contribution in [1.29, 1.82) is 0 Å². The minimum absolute atomic E-state index is 0.0302. The summed E-state index contributed by atoms with van der Waals surface area (Å²) in [5, 5.41) is 0. The van der Waals surface area contributed by atoms with Crippen molar-refractivity contribution in [3.05, 3.63) is 29.8 Å². The largest absolute Gasteiger partial charge is 0.494 e. The molecule has 1 rings (SSSR count). The average Bonchev–Trinajstić information content (AvgIpc) is 2.34. The molecule has 1 aromatic carbocycles. The van der Waals surface area contributed by atoms with E-state index >= 15 is 0 Å². The lowest BCUT2D eigenvalue weighted by molar-refractivity contribution is -0.135. The van der Waals surface area contributed by atoms with Crippen LogP contribution in [-0.4, -0.2) is 29.5 Å². The van der Waals surface area contributed by atoms with E-state index in [0.29, 0.717) is 13.2 Å². The number of benzene rings is 1. The van der Waals surface area contributed by atoms with Gasteiger partial charge in [0.25, 0.3) is 0 Å². The van der Waals surface area contributed by atoms with Crippen LogP contribution < -0.4 is 10.5 Å². The van der Waals surface area contributed by atoms with E-state index in [1.54, 1.807) is 4.90 Å². The second kappa shape index (κ2) is 6.57. The zero-order valence-corrected chi connectivity index (χ0v) is 12.3. The number of nitrogens with two attached hydrogens (primary N) is 1. The van der Waals surface area contributed by atoms with Crippen LogP contribution in [0, 0.1) is 0 Å². The molecule has 1 amide bonds. The number of carbonyl (C=O) groups excluding carboxylic acids is 1. The summed E-state index contributed by atoms with van der Waals surface area (Å²) in [6.45, 7) is 9.18. The van der Waals surface area contributed by atoms with E-state index in [0.717, 1.165) is 11.3 Å². The monoisotopic (exact) mass is 264 g/mol. The highest BCUT2D eigenvalue weighted by Crippen LogP contribution is 2.20. The van der Waals surface area contributed by atoms with E-state index in [9.17, 15) is 4.79 Å². The summed E-state index contributed by atoms with van der Waals surface area (Å²) < 4.78 is 5.47. The topological polar surface area (TPSA) is 55.6 Å². The molecule has 0 aromatic heterocycles. The summed E-state index contributed by atoms with van der Waals surface area (Å²) in [5.41, 5.74) is 6.28. The highest BCUT2D eigenvalue weighted by Gasteiger charge is 2.25. The Morgan fingerprint density at radius 2 is 2.05 bits per heavy atom. The lowest BCUT2D eigenvalue weighted by atomic mass is 10.0. The Morgan fingerprint density at radius 3 is 2.58 bits per heavy atom. The summed E-state index contributed by atoms with van der Waals surface area (Å²) in [7, 11) is 0. The van der Waals surface area contributed by atoms with Gasteiger partial charge in [-0.3, -0.25) is 4.79 Å². The first-order chi connectivity index (χ1) is 8.88. The highest BCUT2D eigenvalue weighted by atomic mass is 16.5. The van der Waals surface area contributed by atoms with Crippen molar-refractivity contribution < 1.29 is 9.53 Å². The van der Waals surface area contributed by atoms with Crippen LogP contribution >= 0.6 is 0 Å². The second-order valence-electron chi connectivity index (χ2n) is 5.44. The third-order valence-electron chi connectivity index (χ3n) is 2.84. The number of hydrogen-bond donors (Lipinski definition) is 1. The average molecular weight is 264 g/mol. The molecular weight excluding hydrogens is 240 g/mol. The van der Waals surface area contributed by atoms with E-state index < -0.39 is 0 Å². The van der Waals surface area contributed by atoms with Gasteiger partial charge in [0.1, 0.15) is 5.75 Å². The standard InChI is InChI=1S/C15H24N2O2/c1-5-19-13-8-6-7-12(9-13)11-17(14(18)10-16)15(2,3)4/h6-9H,5,10-11,16H2,1-4H3. The summed E-state index contributed by atoms with van der Waals surface area (Å²) in [4.78, 5) is 13.7. The van der Waals surface area contributed by atoms with E-state index in [1.807, 2.05) is 52.0 Å². The molecule has 0 spiro atoms. The number of carbonyl (C=O) groups is 1. The van der Waals surface area contributed by atoms with Crippen molar-refractivity contribution in [3.63, 3.8) is 0 Å². The minimum atomic E-state index is -0.252. The van der Waals surface area contributed by atoms with E-state index in [4.69, 9.17) is 10.5 Å². The van der Waals surface area contributed by atoms with Crippen molar-refractivity contribution in [2.24, 2.45) is 5.73 Å². The molecule has 106 valence electrons. The van der Waals surface area contributed by atoms with Crippen LogP contribution in [0.2, 0.25) is 0 Å². The van der Waals surface area contributed by atoms with Gasteiger partial charge in [-0.1, -0.05) is 12.1 Å². The lowest BCUT2D eigenvalue weighted by Gasteiger charge is -2.35. The van der Waals surface area contributed by atoms with Crippen LogP contribution in [0.5, 0.6) is 5.75 Å². The van der Waals surface area contributed by atoms with Crippen LogP contribution in [0.4, 0.5) is 0 Å². The maximum atomic E-state index is 11.9. The maximum absolute atomic E-state index is 11.9. The van der Waals surface area contributed by atoms with Gasteiger partial charge < -0.3 is 15.4 Å². The number of rotatable bonds is 5. The van der Waals surface area contributed by atoms with Crippen molar-refractivity contribution in [2.75, 3.05) is 13.2 Å². The molecule has 0 radical (unpaired) electrons. The first-order valence-corrected chi connectivity index (χ1v) is 6.60. The SMILES string of the molecule is CCOc1cccc(CN(C(=O)CN)C(C)(C)C)c1. The molecule has 0 atom stereocenters. The number of ether oxygens (including phenoxy) is 1. The minimum Gasteiger partial charge on any atom is -0.494 e. The molecule has 1 aromatic rings. The molecule has 0 unspecified atom stereocenters. The smallest absolute Gasteiger partial charge is 0.237 e. The fourth-order valence-corrected chi connectivity index (χ4v) is 1.89. The fraction of sp³-hybridized carbons (Fsp3) is 0.533. The second-order valence-corrected chi connectivity index (χ2v) is 5.44. The summed E-state index contributed by atoms with van der Waals surface area (Å²) in [6.07, 6.45) is 0. The molecule has 0 aliphatic heterocycles. The Bertz CT molecular complexity index is 424. The number of amides is 1. The van der Waals surface area contributed by atoms with Gasteiger partial charge >= 0.3 is 0 Å². The van der Waals surface area contributed by atoms with E-state index in [2.05, 4.69) is 0 Å².